The minimum atomic E-state index is 0.00463. The Morgan fingerprint density at radius 2 is 2.27 bits per heavy atom. The molecule has 1 amide bonds. The average Bonchev–Trinajstić information content (AvgIpc) is 3.26. The van der Waals surface area contributed by atoms with Gasteiger partial charge in [0, 0.05) is 38.8 Å². The van der Waals surface area contributed by atoms with Gasteiger partial charge in [-0.3, -0.25) is 4.79 Å². The summed E-state index contributed by atoms with van der Waals surface area (Å²) in [4.78, 5) is 15.6. The van der Waals surface area contributed by atoms with E-state index in [2.05, 4.69) is 24.1 Å². The third kappa shape index (κ3) is 13.8. The average molecular weight is 405 g/mol. The maximum absolute atomic E-state index is 9.70. The number of oxime groups is 1. The number of amides is 1. The molecule has 1 atom stereocenters. The van der Waals surface area contributed by atoms with E-state index in [4.69, 9.17) is 25.9 Å². The number of carbonyl (C=O) groups is 1. The molecule has 148 valence electrons. The number of halogens is 1. The van der Waals surface area contributed by atoms with Crippen LogP contribution in [-0.4, -0.2) is 39.5 Å². The minimum Gasteiger partial charge on any atom is -0.381 e. The van der Waals surface area contributed by atoms with Crippen LogP contribution in [-0.2, 0) is 25.7 Å². The van der Waals surface area contributed by atoms with Crippen LogP contribution < -0.4 is 5.32 Å². The smallest absolute Gasteiger partial charge is 0.216 e. The van der Waals surface area contributed by atoms with Crippen molar-refractivity contribution in [2.75, 3.05) is 26.9 Å². The fourth-order valence-corrected chi connectivity index (χ4v) is 2.60. The fourth-order valence-electron chi connectivity index (χ4n) is 1.58. The van der Waals surface area contributed by atoms with Crippen molar-refractivity contribution in [2.45, 2.75) is 33.8 Å². The zero-order valence-electron chi connectivity index (χ0n) is 15.9. The van der Waals surface area contributed by atoms with Crippen molar-refractivity contribution < 1.29 is 19.1 Å². The van der Waals surface area contributed by atoms with Crippen molar-refractivity contribution in [1.29, 1.82) is 0 Å². The molecule has 1 fully saturated rings. The van der Waals surface area contributed by atoms with Gasteiger partial charge in [-0.15, -0.1) is 11.3 Å². The Kier molecular flexibility index (Phi) is 15.0. The van der Waals surface area contributed by atoms with Gasteiger partial charge in [-0.05, 0) is 37.5 Å². The molecular formula is C18H29ClN2O4S. The van der Waals surface area contributed by atoms with E-state index >= 15 is 0 Å². The zero-order valence-corrected chi connectivity index (χ0v) is 17.5. The van der Waals surface area contributed by atoms with Gasteiger partial charge in [-0.2, -0.15) is 0 Å². The summed E-state index contributed by atoms with van der Waals surface area (Å²) in [6.45, 7) is 11.7. The van der Waals surface area contributed by atoms with E-state index < -0.39 is 0 Å². The van der Waals surface area contributed by atoms with E-state index in [0.29, 0.717) is 19.0 Å². The summed E-state index contributed by atoms with van der Waals surface area (Å²) < 4.78 is 11.2. The number of ether oxygens (including phenoxy) is 2. The minimum absolute atomic E-state index is 0.00463. The Bertz CT molecular complexity index is 543. The molecule has 26 heavy (non-hydrogen) atoms. The standard InChI is InChI=1S/C10H12ClNO2S.C5H10O.C3H7NO/c1-3-8(14-12-2)6-13-7-9-4-5-10(11)15-9;1-5-2-3-6-4-5;1-3(5)4-2/h3-5H,2,6-7H2,1H3;5H,2-4H2,1H3;1-2H3,(H,4,5)/b8-3-;;. The number of nitrogens with one attached hydrogen (secondary N) is 1. The number of hydrogen-bond donors (Lipinski definition) is 1. The molecule has 0 aromatic carbocycles. The predicted octanol–water partition coefficient (Wildman–Crippen LogP) is 4.25. The monoisotopic (exact) mass is 404 g/mol. The van der Waals surface area contributed by atoms with Gasteiger partial charge in [0.1, 0.15) is 6.61 Å². The Morgan fingerprint density at radius 1 is 1.58 bits per heavy atom. The van der Waals surface area contributed by atoms with E-state index in [1.165, 1.54) is 24.7 Å². The van der Waals surface area contributed by atoms with E-state index in [9.17, 15) is 4.79 Å². The van der Waals surface area contributed by atoms with Gasteiger partial charge in [0.15, 0.2) is 5.76 Å². The molecule has 0 spiro atoms. The normalized spacial score (nSPS) is 15.9. The second kappa shape index (κ2) is 15.8. The first-order chi connectivity index (χ1) is 12.4. The summed E-state index contributed by atoms with van der Waals surface area (Å²) in [6.07, 6.45) is 3.05. The molecule has 2 heterocycles. The molecule has 1 unspecified atom stereocenters. The molecule has 1 aromatic rings. The van der Waals surface area contributed by atoms with Crippen molar-refractivity contribution in [3.63, 3.8) is 0 Å². The second-order valence-corrected chi connectivity index (χ2v) is 7.25. The summed E-state index contributed by atoms with van der Waals surface area (Å²) in [5.74, 6) is 1.47. The van der Waals surface area contributed by atoms with Crippen molar-refractivity contribution >= 4 is 35.6 Å². The summed E-state index contributed by atoms with van der Waals surface area (Å²) in [5, 5.41) is 5.71. The lowest BCUT2D eigenvalue weighted by atomic mass is 10.2. The molecule has 0 bridgehead atoms. The van der Waals surface area contributed by atoms with Gasteiger partial charge >= 0.3 is 0 Å². The maximum atomic E-state index is 9.70. The highest BCUT2D eigenvalue weighted by molar-refractivity contribution is 7.16. The molecule has 1 aliphatic heterocycles. The lowest BCUT2D eigenvalue weighted by molar-refractivity contribution is -0.118. The molecule has 8 heteroatoms. The maximum Gasteiger partial charge on any atom is 0.216 e. The second-order valence-electron chi connectivity index (χ2n) is 5.45. The van der Waals surface area contributed by atoms with Crippen molar-refractivity contribution in [3.05, 3.63) is 33.2 Å². The third-order valence-electron chi connectivity index (χ3n) is 3.13. The highest BCUT2D eigenvalue weighted by atomic mass is 35.5. The van der Waals surface area contributed by atoms with Gasteiger partial charge in [0.2, 0.25) is 5.91 Å². The first-order valence-electron chi connectivity index (χ1n) is 8.29. The molecule has 1 N–H and O–H groups in total. The fraction of sp³-hybridized carbons (Fsp3) is 0.556. The van der Waals surface area contributed by atoms with Crippen LogP contribution in [0.25, 0.3) is 0 Å². The first-order valence-corrected chi connectivity index (χ1v) is 9.48. The molecule has 6 nitrogen and oxygen atoms in total. The van der Waals surface area contributed by atoms with Crippen molar-refractivity contribution in [1.82, 2.24) is 5.32 Å². The quantitative estimate of drug-likeness (QED) is 0.437. The van der Waals surface area contributed by atoms with E-state index in [1.807, 2.05) is 19.1 Å². The van der Waals surface area contributed by atoms with E-state index in [1.54, 1.807) is 13.1 Å². The van der Waals surface area contributed by atoms with Gasteiger partial charge in [-0.25, -0.2) is 0 Å². The Morgan fingerprint density at radius 3 is 2.62 bits per heavy atom. The Hall–Kier alpha value is -1.41. The van der Waals surface area contributed by atoms with Crippen LogP contribution >= 0.6 is 22.9 Å². The van der Waals surface area contributed by atoms with Crippen LogP contribution in [0.5, 0.6) is 0 Å². The lowest BCUT2D eigenvalue weighted by Crippen LogP contribution is -2.11. The lowest BCUT2D eigenvalue weighted by Gasteiger charge is -2.04. The summed E-state index contributed by atoms with van der Waals surface area (Å²) in [6, 6.07) is 3.79. The van der Waals surface area contributed by atoms with Crippen molar-refractivity contribution in [2.24, 2.45) is 11.1 Å². The van der Waals surface area contributed by atoms with Gasteiger partial charge in [0.25, 0.3) is 0 Å². The van der Waals surface area contributed by atoms with E-state index in [-0.39, 0.29) is 5.91 Å². The number of carbonyl (C=O) groups excluding carboxylic acids is 1. The van der Waals surface area contributed by atoms with Crippen LogP contribution in [0.15, 0.2) is 29.1 Å². The Balaban J connectivity index is 0.000000464. The third-order valence-corrected chi connectivity index (χ3v) is 4.34. The van der Waals surface area contributed by atoms with Crippen molar-refractivity contribution in [3.8, 4) is 0 Å². The highest BCUT2D eigenvalue weighted by Gasteiger charge is 2.07. The summed E-state index contributed by atoms with van der Waals surface area (Å²) in [5.41, 5.74) is 0. The number of thiophene rings is 1. The molecule has 0 radical (unpaired) electrons. The van der Waals surface area contributed by atoms with Crippen LogP contribution in [0.1, 0.15) is 32.1 Å². The van der Waals surface area contributed by atoms with Crippen LogP contribution in [0.3, 0.4) is 0 Å². The van der Waals surface area contributed by atoms with Gasteiger partial charge in [-0.1, -0.05) is 23.7 Å². The Labute approximate surface area is 165 Å². The molecule has 1 aliphatic rings. The topological polar surface area (TPSA) is 69.2 Å². The largest absolute Gasteiger partial charge is 0.381 e. The number of allylic oxidation sites excluding steroid dienone is 1. The highest BCUT2D eigenvalue weighted by Crippen LogP contribution is 2.22. The molecule has 1 aromatic heterocycles. The summed E-state index contributed by atoms with van der Waals surface area (Å²) in [7, 11) is 1.60. The van der Waals surface area contributed by atoms with Crippen LogP contribution in [0.4, 0.5) is 0 Å². The first kappa shape index (κ1) is 24.6. The molecule has 0 aliphatic carbocycles. The van der Waals surface area contributed by atoms with Crippen LogP contribution in [0.2, 0.25) is 4.34 Å². The SMILES string of the molecule is C=NO/C(=C\C)COCc1ccc(Cl)s1.CC1CCOC1.CNC(C)=O. The number of hydrogen-bond acceptors (Lipinski definition) is 6. The summed E-state index contributed by atoms with van der Waals surface area (Å²) >= 11 is 7.29. The zero-order chi connectivity index (χ0) is 19.8. The number of nitrogens with zero attached hydrogens (tertiary/aromatic N) is 1. The van der Waals surface area contributed by atoms with Gasteiger partial charge in [0.05, 0.1) is 10.9 Å². The van der Waals surface area contributed by atoms with E-state index in [0.717, 1.165) is 28.3 Å². The number of rotatable bonds is 6. The molecule has 2 rings (SSSR count). The predicted molar refractivity (Wildman–Crippen MR) is 108 cm³/mol. The van der Waals surface area contributed by atoms with Gasteiger partial charge < -0.3 is 19.6 Å². The molecule has 0 saturated carbocycles. The molecule has 1 saturated heterocycles. The van der Waals surface area contributed by atoms with Crippen LogP contribution in [0, 0.1) is 5.92 Å². The molecular weight excluding hydrogens is 376 g/mol.